The largest absolute Gasteiger partial charge is 0.403 e. The fraction of sp³-hybridized carbons (Fsp3) is 0.250. The van der Waals surface area contributed by atoms with Crippen molar-refractivity contribution in [2.24, 2.45) is 5.73 Å². The van der Waals surface area contributed by atoms with Crippen molar-refractivity contribution in [3.8, 4) is 11.5 Å². The van der Waals surface area contributed by atoms with Crippen molar-refractivity contribution in [2.45, 2.75) is 6.92 Å². The van der Waals surface area contributed by atoms with Gasteiger partial charge in [-0.15, -0.1) is 5.10 Å². The van der Waals surface area contributed by atoms with Crippen molar-refractivity contribution < 1.29 is 4.42 Å². The first-order valence-electron chi connectivity index (χ1n) is 6.00. The van der Waals surface area contributed by atoms with Crippen molar-refractivity contribution >= 4 is 16.9 Å². The molecule has 7 nitrogen and oxygen atoms in total. The summed E-state index contributed by atoms with van der Waals surface area (Å²) in [5.74, 6) is 0.474. The minimum atomic E-state index is 0.379. The number of aromatic amines is 1. The third kappa shape index (κ3) is 2.15. The Hall–Kier alpha value is -2.41. The third-order valence-electron chi connectivity index (χ3n) is 2.84. The second-order valence-electron chi connectivity index (χ2n) is 4.21. The van der Waals surface area contributed by atoms with Crippen molar-refractivity contribution in [1.82, 2.24) is 20.4 Å². The molecule has 0 saturated carbocycles. The summed E-state index contributed by atoms with van der Waals surface area (Å²) in [5.41, 5.74) is 8.20. The normalized spacial score (nSPS) is 11.1. The molecule has 3 aromatic rings. The van der Waals surface area contributed by atoms with E-state index >= 15 is 0 Å². The third-order valence-corrected chi connectivity index (χ3v) is 2.84. The molecule has 0 aliphatic carbocycles. The maximum absolute atomic E-state index is 5.52. The van der Waals surface area contributed by atoms with Crippen LogP contribution in [-0.2, 0) is 0 Å². The van der Waals surface area contributed by atoms with Gasteiger partial charge in [0.05, 0.1) is 5.52 Å². The van der Waals surface area contributed by atoms with Gasteiger partial charge in [-0.25, -0.2) is 0 Å². The summed E-state index contributed by atoms with van der Waals surface area (Å²) >= 11 is 0. The lowest BCUT2D eigenvalue weighted by Gasteiger charge is -1.97. The number of nitrogens with zero attached hydrogens (tertiary/aromatic N) is 3. The van der Waals surface area contributed by atoms with Gasteiger partial charge in [-0.1, -0.05) is 5.10 Å². The van der Waals surface area contributed by atoms with Crippen LogP contribution in [0.25, 0.3) is 22.4 Å². The maximum Gasteiger partial charge on any atom is 0.315 e. The quantitative estimate of drug-likeness (QED) is 0.651. The zero-order valence-corrected chi connectivity index (χ0v) is 10.5. The van der Waals surface area contributed by atoms with Gasteiger partial charge < -0.3 is 15.5 Å². The average molecular weight is 258 g/mol. The van der Waals surface area contributed by atoms with Crippen LogP contribution >= 0.6 is 0 Å². The van der Waals surface area contributed by atoms with Gasteiger partial charge in [-0.3, -0.25) is 5.10 Å². The van der Waals surface area contributed by atoms with Crippen LogP contribution in [0, 0.1) is 6.92 Å². The Bertz CT molecular complexity index is 701. The van der Waals surface area contributed by atoms with E-state index in [4.69, 9.17) is 10.2 Å². The van der Waals surface area contributed by atoms with Crippen LogP contribution in [0.4, 0.5) is 6.01 Å². The zero-order valence-electron chi connectivity index (χ0n) is 10.5. The number of hydrogen-bond donors (Lipinski definition) is 3. The molecule has 0 radical (unpaired) electrons. The van der Waals surface area contributed by atoms with E-state index in [2.05, 4.69) is 25.7 Å². The second kappa shape index (κ2) is 4.69. The lowest BCUT2D eigenvalue weighted by atomic mass is 10.1. The molecule has 98 valence electrons. The number of H-pyrrole nitrogens is 1. The fourth-order valence-corrected chi connectivity index (χ4v) is 1.86. The number of nitrogens with two attached hydrogens (primary N) is 1. The molecule has 0 saturated heterocycles. The van der Waals surface area contributed by atoms with Crippen LogP contribution in [0.3, 0.4) is 0 Å². The summed E-state index contributed by atoms with van der Waals surface area (Å²) in [5, 5.41) is 19.0. The van der Waals surface area contributed by atoms with Gasteiger partial charge in [0.2, 0.25) is 5.89 Å². The van der Waals surface area contributed by atoms with Crippen molar-refractivity contribution in [3.05, 3.63) is 23.9 Å². The molecule has 0 fully saturated rings. The van der Waals surface area contributed by atoms with Gasteiger partial charge in [0.25, 0.3) is 0 Å². The summed E-state index contributed by atoms with van der Waals surface area (Å²) in [4.78, 5) is 0. The van der Waals surface area contributed by atoms with Crippen LogP contribution in [0.5, 0.6) is 0 Å². The average Bonchev–Trinajstić information content (AvgIpc) is 3.04. The highest BCUT2D eigenvalue weighted by atomic mass is 16.4. The first-order chi connectivity index (χ1) is 9.28. The van der Waals surface area contributed by atoms with Crippen molar-refractivity contribution in [1.29, 1.82) is 0 Å². The second-order valence-corrected chi connectivity index (χ2v) is 4.21. The summed E-state index contributed by atoms with van der Waals surface area (Å²) in [6.45, 7) is 3.08. The zero-order chi connectivity index (χ0) is 13.2. The maximum atomic E-state index is 5.52. The number of nitrogens with one attached hydrogen (secondary N) is 2. The van der Waals surface area contributed by atoms with Crippen LogP contribution in [-0.4, -0.2) is 33.5 Å². The fourth-order valence-electron chi connectivity index (χ4n) is 1.86. The predicted octanol–water partition coefficient (Wildman–Crippen LogP) is 1.29. The molecular formula is C12H14N6O. The van der Waals surface area contributed by atoms with Gasteiger partial charge in [0.1, 0.15) is 0 Å². The van der Waals surface area contributed by atoms with E-state index in [1.54, 1.807) is 0 Å². The Morgan fingerprint density at radius 3 is 3.11 bits per heavy atom. The smallest absolute Gasteiger partial charge is 0.315 e. The summed E-state index contributed by atoms with van der Waals surface area (Å²) in [6.07, 6.45) is 0. The van der Waals surface area contributed by atoms with Gasteiger partial charge in [-0.2, -0.15) is 5.10 Å². The molecule has 3 rings (SSSR count). The molecule has 2 aromatic heterocycles. The number of benzene rings is 1. The van der Waals surface area contributed by atoms with Gasteiger partial charge in [0.15, 0.2) is 0 Å². The van der Waals surface area contributed by atoms with Crippen molar-refractivity contribution in [2.75, 3.05) is 18.4 Å². The van der Waals surface area contributed by atoms with Gasteiger partial charge in [0, 0.05) is 29.7 Å². The number of anilines is 1. The number of aromatic nitrogens is 4. The van der Waals surface area contributed by atoms with E-state index in [9.17, 15) is 0 Å². The lowest BCUT2D eigenvalue weighted by Crippen LogP contribution is -2.13. The molecule has 7 heteroatoms. The Morgan fingerprint density at radius 1 is 1.37 bits per heavy atom. The molecule has 4 N–H and O–H groups in total. The first-order valence-corrected chi connectivity index (χ1v) is 6.00. The Kier molecular flexibility index (Phi) is 2.88. The number of hydrogen-bond acceptors (Lipinski definition) is 6. The Balaban J connectivity index is 1.94. The summed E-state index contributed by atoms with van der Waals surface area (Å²) < 4.78 is 5.52. The lowest BCUT2D eigenvalue weighted by molar-refractivity contribution is 0.581. The molecule has 0 atom stereocenters. The summed E-state index contributed by atoms with van der Waals surface area (Å²) in [6, 6.07) is 6.19. The molecule has 19 heavy (non-hydrogen) atoms. The van der Waals surface area contributed by atoms with Crippen LogP contribution in [0.1, 0.15) is 5.69 Å². The van der Waals surface area contributed by atoms with Crippen LogP contribution < -0.4 is 11.1 Å². The van der Waals surface area contributed by atoms with E-state index in [0.29, 0.717) is 25.0 Å². The molecule has 0 aliphatic heterocycles. The van der Waals surface area contributed by atoms with E-state index in [0.717, 1.165) is 22.2 Å². The first kappa shape index (κ1) is 11.7. The molecule has 0 amide bonds. The van der Waals surface area contributed by atoms with E-state index in [-0.39, 0.29) is 0 Å². The Labute approximate surface area is 109 Å². The van der Waals surface area contributed by atoms with Gasteiger partial charge in [-0.05, 0) is 25.1 Å². The number of aryl methyl sites for hydroxylation is 1. The highest BCUT2D eigenvalue weighted by Gasteiger charge is 2.10. The molecule has 0 unspecified atom stereocenters. The standard InChI is InChI=1S/C12H14N6O/c1-7-9-6-8(2-3-10(9)16-15-7)11-17-18-12(19-11)14-5-4-13/h2-3,6H,4-5,13H2,1H3,(H,14,18)(H,15,16). The van der Waals surface area contributed by atoms with Crippen molar-refractivity contribution in [3.63, 3.8) is 0 Å². The molecule has 1 aromatic carbocycles. The minimum absolute atomic E-state index is 0.379. The number of rotatable bonds is 4. The monoisotopic (exact) mass is 258 g/mol. The van der Waals surface area contributed by atoms with E-state index in [1.807, 2.05) is 25.1 Å². The minimum Gasteiger partial charge on any atom is -0.403 e. The van der Waals surface area contributed by atoms with E-state index < -0.39 is 0 Å². The molecule has 0 spiro atoms. The summed E-state index contributed by atoms with van der Waals surface area (Å²) in [7, 11) is 0. The Morgan fingerprint density at radius 2 is 2.26 bits per heavy atom. The topological polar surface area (TPSA) is 106 Å². The highest BCUT2D eigenvalue weighted by Crippen LogP contribution is 2.25. The predicted molar refractivity (Wildman–Crippen MR) is 71.7 cm³/mol. The SMILES string of the molecule is Cc1[nH]nc2ccc(-c3nnc(NCCN)o3)cc12. The molecule has 0 aliphatic rings. The van der Waals surface area contributed by atoms with Crippen LogP contribution in [0.2, 0.25) is 0 Å². The highest BCUT2D eigenvalue weighted by molar-refractivity contribution is 5.85. The number of fused-ring (bicyclic) bond motifs is 1. The van der Waals surface area contributed by atoms with Gasteiger partial charge >= 0.3 is 6.01 Å². The van der Waals surface area contributed by atoms with Crippen LogP contribution in [0.15, 0.2) is 22.6 Å². The molecule has 0 bridgehead atoms. The molecule has 2 heterocycles. The van der Waals surface area contributed by atoms with E-state index in [1.165, 1.54) is 0 Å². The molecular weight excluding hydrogens is 244 g/mol.